The molecule has 0 bridgehead atoms. The fourth-order valence-corrected chi connectivity index (χ4v) is 3.38. The van der Waals surface area contributed by atoms with Gasteiger partial charge in [-0.1, -0.05) is 69.7 Å². The molecule has 1 amide bonds. The summed E-state index contributed by atoms with van der Waals surface area (Å²) < 4.78 is 2.92. The highest BCUT2D eigenvalue weighted by Gasteiger charge is 2.12. The molecule has 0 fully saturated rings. The standard InChI is InChI=1S/C19H19BrN4OS/c1-13-3-5-14(6-4-13)11-21-17(25)12-26-19-23-22-18(24(19)2)15-7-9-16(20)10-8-15/h3-10H,11-12H2,1-2H3,(H,21,25). The van der Waals surface area contributed by atoms with Gasteiger partial charge in [-0.15, -0.1) is 10.2 Å². The van der Waals surface area contributed by atoms with E-state index in [4.69, 9.17) is 0 Å². The summed E-state index contributed by atoms with van der Waals surface area (Å²) in [6.45, 7) is 2.57. The molecule has 134 valence electrons. The Morgan fingerprint density at radius 1 is 1.12 bits per heavy atom. The third-order valence-corrected chi connectivity index (χ3v) is 5.43. The maximum Gasteiger partial charge on any atom is 0.230 e. The number of hydrogen-bond acceptors (Lipinski definition) is 4. The molecular weight excluding hydrogens is 412 g/mol. The largest absolute Gasteiger partial charge is 0.351 e. The molecule has 26 heavy (non-hydrogen) atoms. The third kappa shape index (κ3) is 4.74. The van der Waals surface area contributed by atoms with Gasteiger partial charge in [0.25, 0.3) is 0 Å². The summed E-state index contributed by atoms with van der Waals surface area (Å²) in [6, 6.07) is 16.0. The van der Waals surface area contributed by atoms with Gasteiger partial charge in [0.05, 0.1) is 5.75 Å². The zero-order chi connectivity index (χ0) is 18.5. The first kappa shape index (κ1) is 18.7. The van der Waals surface area contributed by atoms with Gasteiger partial charge in [-0.05, 0) is 24.6 Å². The number of rotatable bonds is 6. The fraction of sp³-hybridized carbons (Fsp3) is 0.211. The Bertz CT molecular complexity index is 891. The zero-order valence-corrected chi connectivity index (χ0v) is 17.0. The monoisotopic (exact) mass is 430 g/mol. The van der Waals surface area contributed by atoms with E-state index in [2.05, 4.69) is 31.4 Å². The van der Waals surface area contributed by atoms with E-state index in [1.165, 1.54) is 17.3 Å². The predicted octanol–water partition coefficient (Wildman–Crippen LogP) is 3.96. The van der Waals surface area contributed by atoms with Crippen molar-refractivity contribution < 1.29 is 4.79 Å². The first-order chi connectivity index (χ1) is 12.5. The van der Waals surface area contributed by atoms with Gasteiger partial charge in [0.2, 0.25) is 5.91 Å². The van der Waals surface area contributed by atoms with Crippen LogP contribution in [0.2, 0.25) is 0 Å². The molecule has 1 heterocycles. The molecular formula is C19H19BrN4OS. The number of halogens is 1. The van der Waals surface area contributed by atoms with Crippen molar-refractivity contribution >= 4 is 33.6 Å². The molecule has 3 rings (SSSR count). The summed E-state index contributed by atoms with van der Waals surface area (Å²) in [5.74, 6) is 1.06. The van der Waals surface area contributed by atoms with Crippen molar-refractivity contribution in [2.24, 2.45) is 7.05 Å². The number of aromatic nitrogens is 3. The lowest BCUT2D eigenvalue weighted by Gasteiger charge is -2.06. The summed E-state index contributed by atoms with van der Waals surface area (Å²) in [7, 11) is 1.91. The van der Waals surface area contributed by atoms with Gasteiger partial charge < -0.3 is 9.88 Å². The van der Waals surface area contributed by atoms with Gasteiger partial charge >= 0.3 is 0 Å². The predicted molar refractivity (Wildman–Crippen MR) is 108 cm³/mol. The van der Waals surface area contributed by atoms with Crippen LogP contribution >= 0.6 is 27.7 Å². The van der Waals surface area contributed by atoms with E-state index in [1.807, 2.05) is 67.1 Å². The molecule has 2 aromatic carbocycles. The minimum Gasteiger partial charge on any atom is -0.351 e. The molecule has 1 aromatic heterocycles. The average Bonchev–Trinajstić information content (AvgIpc) is 3.01. The summed E-state index contributed by atoms with van der Waals surface area (Å²) in [4.78, 5) is 12.1. The number of thioether (sulfide) groups is 1. The molecule has 3 aromatic rings. The van der Waals surface area contributed by atoms with Gasteiger partial charge in [0.15, 0.2) is 11.0 Å². The van der Waals surface area contributed by atoms with E-state index in [1.54, 1.807) is 0 Å². The Morgan fingerprint density at radius 3 is 2.50 bits per heavy atom. The summed E-state index contributed by atoms with van der Waals surface area (Å²) in [6.07, 6.45) is 0. The van der Waals surface area contributed by atoms with Crippen LogP contribution in [0.5, 0.6) is 0 Å². The molecule has 0 saturated carbocycles. The van der Waals surface area contributed by atoms with Crippen molar-refractivity contribution in [1.29, 1.82) is 0 Å². The lowest BCUT2D eigenvalue weighted by molar-refractivity contribution is -0.118. The second kappa shape index (κ2) is 8.51. The first-order valence-electron chi connectivity index (χ1n) is 8.13. The lowest BCUT2D eigenvalue weighted by atomic mass is 10.1. The van der Waals surface area contributed by atoms with Crippen LogP contribution in [0.3, 0.4) is 0 Å². The number of hydrogen-bond donors (Lipinski definition) is 1. The van der Waals surface area contributed by atoms with Crippen LogP contribution in [-0.4, -0.2) is 26.4 Å². The normalized spacial score (nSPS) is 10.7. The van der Waals surface area contributed by atoms with Crippen LogP contribution < -0.4 is 5.32 Å². The van der Waals surface area contributed by atoms with E-state index in [0.29, 0.717) is 17.5 Å². The molecule has 7 heteroatoms. The maximum atomic E-state index is 12.1. The molecule has 0 aliphatic rings. The molecule has 1 N–H and O–H groups in total. The number of amides is 1. The van der Waals surface area contributed by atoms with Crippen LogP contribution in [-0.2, 0) is 18.4 Å². The molecule has 5 nitrogen and oxygen atoms in total. The molecule has 0 radical (unpaired) electrons. The number of carbonyl (C=O) groups excluding carboxylic acids is 1. The van der Waals surface area contributed by atoms with Crippen molar-refractivity contribution in [1.82, 2.24) is 20.1 Å². The van der Waals surface area contributed by atoms with Crippen molar-refractivity contribution in [2.75, 3.05) is 5.75 Å². The van der Waals surface area contributed by atoms with Crippen molar-refractivity contribution in [3.63, 3.8) is 0 Å². The summed E-state index contributed by atoms with van der Waals surface area (Å²) in [5.41, 5.74) is 3.28. The van der Waals surface area contributed by atoms with E-state index < -0.39 is 0 Å². The van der Waals surface area contributed by atoms with Crippen molar-refractivity contribution in [2.45, 2.75) is 18.6 Å². The second-order valence-corrected chi connectivity index (χ2v) is 7.78. The van der Waals surface area contributed by atoms with Crippen LogP contribution in [0.15, 0.2) is 58.2 Å². The number of nitrogens with zero attached hydrogens (tertiary/aromatic N) is 3. The summed E-state index contributed by atoms with van der Waals surface area (Å²) in [5, 5.41) is 12.1. The maximum absolute atomic E-state index is 12.1. The van der Waals surface area contributed by atoms with Gasteiger partial charge in [-0.2, -0.15) is 0 Å². The Balaban J connectivity index is 1.55. The van der Waals surface area contributed by atoms with Crippen molar-refractivity contribution in [3.8, 4) is 11.4 Å². The molecule has 0 aliphatic carbocycles. The first-order valence-corrected chi connectivity index (χ1v) is 9.91. The van der Waals surface area contributed by atoms with Crippen LogP contribution in [0.4, 0.5) is 0 Å². The Morgan fingerprint density at radius 2 is 1.81 bits per heavy atom. The molecule has 0 spiro atoms. The Labute approximate surface area is 165 Å². The molecule has 0 atom stereocenters. The highest BCUT2D eigenvalue weighted by molar-refractivity contribution is 9.10. The highest BCUT2D eigenvalue weighted by atomic mass is 79.9. The summed E-state index contributed by atoms with van der Waals surface area (Å²) >= 11 is 4.81. The van der Waals surface area contributed by atoms with Crippen molar-refractivity contribution in [3.05, 3.63) is 64.1 Å². The minimum absolute atomic E-state index is 0.0243. The number of carbonyl (C=O) groups is 1. The molecule has 0 unspecified atom stereocenters. The zero-order valence-electron chi connectivity index (χ0n) is 14.6. The van der Waals surface area contributed by atoms with E-state index in [9.17, 15) is 4.79 Å². The van der Waals surface area contributed by atoms with Gasteiger partial charge in [-0.25, -0.2) is 0 Å². The average molecular weight is 431 g/mol. The second-order valence-electron chi connectivity index (χ2n) is 5.92. The smallest absolute Gasteiger partial charge is 0.230 e. The van der Waals surface area contributed by atoms with Gasteiger partial charge in [-0.3, -0.25) is 4.79 Å². The van der Waals surface area contributed by atoms with Crippen LogP contribution in [0, 0.1) is 6.92 Å². The molecule has 0 saturated heterocycles. The van der Waals surface area contributed by atoms with Crippen LogP contribution in [0.1, 0.15) is 11.1 Å². The third-order valence-electron chi connectivity index (χ3n) is 3.88. The minimum atomic E-state index is -0.0243. The number of aryl methyl sites for hydroxylation is 1. The number of nitrogens with one attached hydrogen (secondary N) is 1. The number of benzene rings is 2. The van der Waals surface area contributed by atoms with Gasteiger partial charge in [0, 0.05) is 23.6 Å². The lowest BCUT2D eigenvalue weighted by Crippen LogP contribution is -2.24. The van der Waals surface area contributed by atoms with Gasteiger partial charge in [0.1, 0.15) is 0 Å². The highest BCUT2D eigenvalue weighted by Crippen LogP contribution is 2.23. The molecule has 0 aliphatic heterocycles. The Hall–Kier alpha value is -2.12. The van der Waals surface area contributed by atoms with E-state index >= 15 is 0 Å². The van der Waals surface area contributed by atoms with E-state index in [-0.39, 0.29) is 5.91 Å². The SMILES string of the molecule is Cc1ccc(CNC(=O)CSc2nnc(-c3ccc(Br)cc3)n2C)cc1. The topological polar surface area (TPSA) is 59.8 Å². The quantitative estimate of drug-likeness (QED) is 0.601. The Kier molecular flexibility index (Phi) is 6.11. The van der Waals surface area contributed by atoms with E-state index in [0.717, 1.165) is 21.4 Å². The fourth-order valence-electron chi connectivity index (χ4n) is 2.38. The van der Waals surface area contributed by atoms with Crippen LogP contribution in [0.25, 0.3) is 11.4 Å².